The molecular formula is C25H25NO5. The molecule has 0 aromatic heterocycles. The molecule has 6 nitrogen and oxygen atoms in total. The number of esters is 1. The predicted octanol–water partition coefficient (Wildman–Crippen LogP) is 4.38. The number of carbonyl (C=O) groups is 1. The minimum atomic E-state index is -0.534. The molecule has 0 N–H and O–H groups in total. The van der Waals surface area contributed by atoms with Crippen LogP contribution in [0.5, 0.6) is 0 Å². The maximum absolute atomic E-state index is 12.2. The summed E-state index contributed by atoms with van der Waals surface area (Å²) in [7, 11) is 1.37. The molecule has 31 heavy (non-hydrogen) atoms. The fraction of sp³-hybridized carbons (Fsp3) is 0.280. The molecule has 2 aromatic rings. The lowest BCUT2D eigenvalue weighted by Crippen LogP contribution is -2.37. The molecule has 0 radical (unpaired) electrons. The molecular weight excluding hydrogens is 394 g/mol. The number of hydrogen-bond acceptors (Lipinski definition) is 6. The number of carbonyl (C=O) groups excluding carboxylic acids is 1. The summed E-state index contributed by atoms with van der Waals surface area (Å²) in [4.78, 5) is 17.7. The number of benzene rings is 2. The number of oxime groups is 1. The first-order valence-electron chi connectivity index (χ1n) is 10.2. The van der Waals surface area contributed by atoms with E-state index in [9.17, 15) is 4.79 Å². The molecule has 3 unspecified atom stereocenters. The summed E-state index contributed by atoms with van der Waals surface area (Å²) in [6.45, 7) is 0.793. The molecule has 0 amide bonds. The number of allylic oxidation sites excluding steroid dienone is 1. The van der Waals surface area contributed by atoms with E-state index < -0.39 is 6.29 Å². The van der Waals surface area contributed by atoms with E-state index in [-0.39, 0.29) is 17.8 Å². The predicted molar refractivity (Wildman–Crippen MR) is 116 cm³/mol. The third-order valence-corrected chi connectivity index (χ3v) is 5.48. The Balaban J connectivity index is 1.45. The standard InChI is InChI=1S/C25H25NO5/c1-28-24(27)22-17-30-25(29-15-18-8-4-2-5-9-18)23-20(12-13-21(22)23)14-26-31-16-19-10-6-3-7-11-19/h2-12,14,17,21,23,25H,13,15-16H2,1H3/b26-14+. The fourth-order valence-electron chi connectivity index (χ4n) is 3.89. The fourth-order valence-corrected chi connectivity index (χ4v) is 3.89. The van der Waals surface area contributed by atoms with E-state index >= 15 is 0 Å². The van der Waals surface area contributed by atoms with Gasteiger partial charge in [-0.05, 0) is 23.1 Å². The normalized spacial score (nSPS) is 22.3. The second-order valence-electron chi connectivity index (χ2n) is 7.43. The van der Waals surface area contributed by atoms with Crippen LogP contribution in [0.15, 0.2) is 89.3 Å². The monoisotopic (exact) mass is 419 g/mol. The van der Waals surface area contributed by atoms with Gasteiger partial charge in [-0.15, -0.1) is 0 Å². The van der Waals surface area contributed by atoms with Crippen molar-refractivity contribution in [2.24, 2.45) is 17.0 Å². The van der Waals surface area contributed by atoms with Crippen LogP contribution >= 0.6 is 0 Å². The van der Waals surface area contributed by atoms with Crippen LogP contribution in [0.1, 0.15) is 17.5 Å². The van der Waals surface area contributed by atoms with Gasteiger partial charge in [0.15, 0.2) is 0 Å². The van der Waals surface area contributed by atoms with Crippen LogP contribution in [-0.4, -0.2) is 25.6 Å². The van der Waals surface area contributed by atoms with E-state index in [2.05, 4.69) is 11.2 Å². The zero-order chi connectivity index (χ0) is 21.5. The third kappa shape index (κ3) is 5.03. The summed E-state index contributed by atoms with van der Waals surface area (Å²) in [6.07, 6.45) is 5.36. The molecule has 2 aliphatic rings. The first kappa shape index (κ1) is 20.9. The van der Waals surface area contributed by atoms with Gasteiger partial charge in [0.05, 0.1) is 37.7 Å². The van der Waals surface area contributed by atoms with Gasteiger partial charge in [-0.25, -0.2) is 4.79 Å². The van der Waals surface area contributed by atoms with Gasteiger partial charge in [-0.3, -0.25) is 0 Å². The highest BCUT2D eigenvalue weighted by atomic mass is 16.7. The number of methoxy groups -OCH3 is 1. The van der Waals surface area contributed by atoms with Crippen molar-refractivity contribution in [3.63, 3.8) is 0 Å². The Morgan fingerprint density at radius 3 is 2.42 bits per heavy atom. The Kier molecular flexibility index (Phi) is 6.79. The van der Waals surface area contributed by atoms with Crippen LogP contribution in [-0.2, 0) is 37.1 Å². The van der Waals surface area contributed by atoms with E-state index in [1.807, 2.05) is 60.7 Å². The Labute approximate surface area is 181 Å². The van der Waals surface area contributed by atoms with E-state index in [0.29, 0.717) is 25.2 Å². The van der Waals surface area contributed by atoms with Crippen molar-refractivity contribution in [1.29, 1.82) is 0 Å². The zero-order valence-electron chi connectivity index (χ0n) is 17.3. The zero-order valence-corrected chi connectivity index (χ0v) is 17.3. The molecule has 1 aliphatic heterocycles. The van der Waals surface area contributed by atoms with Crippen LogP contribution in [0.2, 0.25) is 0 Å². The molecule has 4 rings (SSSR count). The lowest BCUT2D eigenvalue weighted by atomic mass is 9.83. The summed E-state index contributed by atoms with van der Waals surface area (Å²) in [6, 6.07) is 19.7. The summed E-state index contributed by atoms with van der Waals surface area (Å²) in [5.74, 6) is -0.646. The van der Waals surface area contributed by atoms with Gasteiger partial charge in [0.1, 0.15) is 6.61 Å². The third-order valence-electron chi connectivity index (χ3n) is 5.48. The number of nitrogens with zero attached hydrogens (tertiary/aromatic N) is 1. The minimum Gasteiger partial charge on any atom is -0.471 e. The Morgan fingerprint density at radius 2 is 1.74 bits per heavy atom. The van der Waals surface area contributed by atoms with Crippen molar-refractivity contribution in [3.8, 4) is 0 Å². The van der Waals surface area contributed by atoms with Crippen molar-refractivity contribution in [2.75, 3.05) is 7.11 Å². The van der Waals surface area contributed by atoms with Crippen molar-refractivity contribution < 1.29 is 23.8 Å². The first-order valence-corrected chi connectivity index (χ1v) is 10.2. The first-order chi connectivity index (χ1) is 15.3. The maximum atomic E-state index is 12.2. The van der Waals surface area contributed by atoms with Crippen molar-refractivity contribution in [2.45, 2.75) is 25.9 Å². The van der Waals surface area contributed by atoms with Gasteiger partial charge < -0.3 is 19.0 Å². The summed E-state index contributed by atoms with van der Waals surface area (Å²) in [5.41, 5.74) is 3.52. The summed E-state index contributed by atoms with van der Waals surface area (Å²) in [5, 5.41) is 4.14. The second-order valence-corrected chi connectivity index (χ2v) is 7.43. The molecule has 6 heteroatoms. The molecule has 0 spiro atoms. The molecule has 0 saturated heterocycles. The van der Waals surface area contributed by atoms with Gasteiger partial charge in [-0.2, -0.15) is 0 Å². The molecule has 0 saturated carbocycles. The highest BCUT2D eigenvalue weighted by molar-refractivity contribution is 5.90. The van der Waals surface area contributed by atoms with E-state index in [0.717, 1.165) is 16.7 Å². The smallest absolute Gasteiger partial charge is 0.337 e. The van der Waals surface area contributed by atoms with E-state index in [1.54, 1.807) is 6.21 Å². The van der Waals surface area contributed by atoms with Crippen molar-refractivity contribution >= 4 is 12.2 Å². The number of rotatable bonds is 8. The van der Waals surface area contributed by atoms with E-state index in [1.165, 1.54) is 13.4 Å². The highest BCUT2D eigenvalue weighted by Gasteiger charge is 2.44. The van der Waals surface area contributed by atoms with Gasteiger partial charge in [0, 0.05) is 5.92 Å². The lowest BCUT2D eigenvalue weighted by molar-refractivity contribution is -0.159. The average Bonchev–Trinajstić information content (AvgIpc) is 3.25. The quantitative estimate of drug-likeness (QED) is 0.361. The summed E-state index contributed by atoms with van der Waals surface area (Å²) < 4.78 is 16.9. The molecule has 3 atom stereocenters. The maximum Gasteiger partial charge on any atom is 0.337 e. The van der Waals surface area contributed by atoms with Gasteiger partial charge >= 0.3 is 5.97 Å². The Morgan fingerprint density at radius 1 is 1.06 bits per heavy atom. The van der Waals surface area contributed by atoms with Gasteiger partial charge in [-0.1, -0.05) is 71.9 Å². The van der Waals surface area contributed by atoms with Gasteiger partial charge in [0.2, 0.25) is 6.29 Å². The highest BCUT2D eigenvalue weighted by Crippen LogP contribution is 2.43. The number of hydrogen-bond donors (Lipinski definition) is 0. The Bertz CT molecular complexity index is 968. The topological polar surface area (TPSA) is 66.4 Å². The minimum absolute atomic E-state index is 0.0856. The molecule has 0 bridgehead atoms. The van der Waals surface area contributed by atoms with Crippen LogP contribution < -0.4 is 0 Å². The average molecular weight is 419 g/mol. The molecule has 160 valence electrons. The largest absolute Gasteiger partial charge is 0.471 e. The van der Waals surface area contributed by atoms with Gasteiger partial charge in [0.25, 0.3) is 0 Å². The van der Waals surface area contributed by atoms with Crippen LogP contribution in [0.4, 0.5) is 0 Å². The van der Waals surface area contributed by atoms with Crippen LogP contribution in [0.3, 0.4) is 0 Å². The Hall–Kier alpha value is -3.38. The van der Waals surface area contributed by atoms with Crippen molar-refractivity contribution in [3.05, 3.63) is 95.3 Å². The SMILES string of the molecule is COC(=O)C1=COC(OCc2ccccc2)C2C(/C=N/OCc3ccccc3)=CCC12. The van der Waals surface area contributed by atoms with E-state index in [4.69, 9.17) is 19.0 Å². The van der Waals surface area contributed by atoms with Crippen molar-refractivity contribution in [1.82, 2.24) is 0 Å². The molecule has 1 heterocycles. The molecule has 1 aliphatic carbocycles. The van der Waals surface area contributed by atoms with Crippen LogP contribution in [0.25, 0.3) is 0 Å². The number of fused-ring (bicyclic) bond motifs is 1. The second kappa shape index (κ2) is 10.1. The number of ether oxygens (including phenoxy) is 3. The molecule has 0 fully saturated rings. The molecule has 2 aromatic carbocycles. The lowest BCUT2D eigenvalue weighted by Gasteiger charge is -2.34. The summed E-state index contributed by atoms with van der Waals surface area (Å²) >= 11 is 0. The van der Waals surface area contributed by atoms with Crippen LogP contribution in [0, 0.1) is 11.8 Å².